The van der Waals surface area contributed by atoms with Gasteiger partial charge >= 0.3 is 0 Å². The Bertz CT molecular complexity index is 744. The van der Waals surface area contributed by atoms with Gasteiger partial charge in [0.15, 0.2) is 0 Å². The van der Waals surface area contributed by atoms with Gasteiger partial charge in [-0.25, -0.2) is 0 Å². The third kappa shape index (κ3) is 2.95. The zero-order valence-corrected chi connectivity index (χ0v) is 15.4. The molecule has 0 spiro atoms. The van der Waals surface area contributed by atoms with Crippen LogP contribution in [-0.4, -0.2) is 6.54 Å². The molecule has 1 atom stereocenters. The Kier molecular flexibility index (Phi) is 4.79. The van der Waals surface area contributed by atoms with Crippen molar-refractivity contribution in [2.75, 3.05) is 6.54 Å². The van der Waals surface area contributed by atoms with Crippen LogP contribution in [-0.2, 0) is 0 Å². The van der Waals surface area contributed by atoms with Crippen LogP contribution in [0.2, 0.25) is 0 Å². The maximum Gasteiger partial charge on any atom is 0.0601 e. The first kappa shape index (κ1) is 15.2. The summed E-state index contributed by atoms with van der Waals surface area (Å²) in [5.74, 6) is 0. The Morgan fingerprint density at radius 2 is 2.05 bits per heavy atom. The largest absolute Gasteiger partial charge is 0.306 e. The summed E-state index contributed by atoms with van der Waals surface area (Å²) >= 11 is 7.28. The standard InChI is InChI=1S/C17H18BrNS2/c1-3-7-19-16(13-9-20-8-11(13)2)14-10-21-17-12(14)5-4-6-15(17)18/h4-6,8-10,16,19H,3,7H2,1-2H3. The zero-order chi connectivity index (χ0) is 14.8. The van der Waals surface area contributed by atoms with Crippen LogP contribution in [0.1, 0.15) is 36.1 Å². The lowest BCUT2D eigenvalue weighted by Crippen LogP contribution is -2.23. The van der Waals surface area contributed by atoms with Crippen LogP contribution >= 0.6 is 38.6 Å². The van der Waals surface area contributed by atoms with Gasteiger partial charge in [0.05, 0.1) is 6.04 Å². The fourth-order valence-corrected chi connectivity index (χ4v) is 5.13. The molecule has 21 heavy (non-hydrogen) atoms. The fraction of sp³-hybridized carbons (Fsp3) is 0.294. The number of halogens is 1. The van der Waals surface area contributed by atoms with Crippen molar-refractivity contribution in [3.05, 3.63) is 55.5 Å². The van der Waals surface area contributed by atoms with Crippen molar-refractivity contribution >= 4 is 48.7 Å². The van der Waals surface area contributed by atoms with Crippen molar-refractivity contribution in [3.8, 4) is 0 Å². The molecule has 1 nitrogen and oxygen atoms in total. The summed E-state index contributed by atoms with van der Waals surface area (Å²) in [5.41, 5.74) is 4.18. The summed E-state index contributed by atoms with van der Waals surface area (Å²) in [6, 6.07) is 6.76. The SMILES string of the molecule is CCCNC(c1cscc1C)c1csc2c(Br)cccc12. The minimum absolute atomic E-state index is 0.291. The van der Waals surface area contributed by atoms with Gasteiger partial charge in [-0.3, -0.25) is 0 Å². The first-order valence-corrected chi connectivity index (χ1v) is 9.75. The van der Waals surface area contributed by atoms with Crippen molar-refractivity contribution < 1.29 is 0 Å². The van der Waals surface area contributed by atoms with Gasteiger partial charge in [-0.15, -0.1) is 11.3 Å². The second-order valence-corrected chi connectivity index (χ2v) is 7.68. The number of hydrogen-bond donors (Lipinski definition) is 1. The molecule has 0 aliphatic heterocycles. The van der Waals surface area contributed by atoms with Crippen molar-refractivity contribution in [1.82, 2.24) is 5.32 Å². The Balaban J connectivity index is 2.10. The number of aryl methyl sites for hydroxylation is 1. The molecule has 3 rings (SSSR count). The molecule has 0 aliphatic carbocycles. The first-order valence-electron chi connectivity index (χ1n) is 7.14. The van der Waals surface area contributed by atoms with Gasteiger partial charge < -0.3 is 5.32 Å². The number of thiophene rings is 2. The van der Waals surface area contributed by atoms with Crippen LogP contribution in [0.15, 0.2) is 38.8 Å². The Morgan fingerprint density at radius 1 is 1.19 bits per heavy atom. The minimum Gasteiger partial charge on any atom is -0.306 e. The first-order chi connectivity index (χ1) is 10.2. The third-order valence-corrected chi connectivity index (χ3v) is 6.55. The second kappa shape index (κ2) is 6.61. The molecule has 0 saturated carbocycles. The van der Waals surface area contributed by atoms with Gasteiger partial charge in [-0.2, -0.15) is 11.3 Å². The monoisotopic (exact) mass is 379 g/mol. The smallest absolute Gasteiger partial charge is 0.0601 e. The molecule has 0 saturated heterocycles. The number of fused-ring (bicyclic) bond motifs is 1. The van der Waals surface area contributed by atoms with Crippen LogP contribution in [0.25, 0.3) is 10.1 Å². The van der Waals surface area contributed by atoms with E-state index in [0.29, 0.717) is 6.04 Å². The van der Waals surface area contributed by atoms with Crippen LogP contribution in [0.5, 0.6) is 0 Å². The Hall–Kier alpha value is -0.680. The van der Waals surface area contributed by atoms with E-state index < -0.39 is 0 Å². The Labute approximate surface area is 142 Å². The maximum absolute atomic E-state index is 3.72. The zero-order valence-electron chi connectivity index (χ0n) is 12.2. The quantitative estimate of drug-likeness (QED) is 0.562. The van der Waals surface area contributed by atoms with Crippen LogP contribution in [0, 0.1) is 6.92 Å². The number of benzene rings is 1. The summed E-state index contributed by atoms with van der Waals surface area (Å²) in [4.78, 5) is 0. The molecule has 0 radical (unpaired) electrons. The highest BCUT2D eigenvalue weighted by molar-refractivity contribution is 9.10. The van der Waals surface area contributed by atoms with Gasteiger partial charge in [0.1, 0.15) is 0 Å². The molecule has 1 aromatic carbocycles. The summed E-state index contributed by atoms with van der Waals surface area (Å²) in [6.07, 6.45) is 1.14. The van der Waals surface area contributed by atoms with E-state index in [0.717, 1.165) is 13.0 Å². The molecular weight excluding hydrogens is 362 g/mol. The number of rotatable bonds is 5. The van der Waals surface area contributed by atoms with Crippen molar-refractivity contribution in [3.63, 3.8) is 0 Å². The van der Waals surface area contributed by atoms with E-state index >= 15 is 0 Å². The van der Waals surface area contributed by atoms with Crippen LogP contribution < -0.4 is 5.32 Å². The number of nitrogens with one attached hydrogen (secondary N) is 1. The molecule has 0 aliphatic rings. The van der Waals surface area contributed by atoms with E-state index in [1.165, 1.54) is 31.2 Å². The third-order valence-electron chi connectivity index (χ3n) is 3.70. The summed E-state index contributed by atoms with van der Waals surface area (Å²) in [7, 11) is 0. The van der Waals surface area contributed by atoms with Gasteiger partial charge in [0, 0.05) is 9.17 Å². The lowest BCUT2D eigenvalue weighted by molar-refractivity contribution is 0.602. The van der Waals surface area contributed by atoms with Gasteiger partial charge in [-0.1, -0.05) is 19.1 Å². The van der Waals surface area contributed by atoms with E-state index in [4.69, 9.17) is 0 Å². The van der Waals surface area contributed by atoms with Crippen molar-refractivity contribution in [2.24, 2.45) is 0 Å². The molecule has 2 aromatic heterocycles. The molecule has 2 heterocycles. The van der Waals surface area contributed by atoms with Gasteiger partial charge in [0.25, 0.3) is 0 Å². The topological polar surface area (TPSA) is 12.0 Å². The predicted molar refractivity (Wildman–Crippen MR) is 98.7 cm³/mol. The van der Waals surface area contributed by atoms with Gasteiger partial charge in [0.2, 0.25) is 0 Å². The minimum atomic E-state index is 0.291. The average Bonchev–Trinajstić information content (AvgIpc) is 3.08. The van der Waals surface area contributed by atoms with Crippen LogP contribution in [0.3, 0.4) is 0 Å². The predicted octanol–water partition coefficient (Wildman–Crippen LogP) is 6.12. The maximum atomic E-state index is 3.72. The van der Waals surface area contributed by atoms with Gasteiger partial charge in [-0.05, 0) is 80.1 Å². The fourth-order valence-electron chi connectivity index (χ4n) is 2.61. The highest BCUT2D eigenvalue weighted by Crippen LogP contribution is 2.38. The average molecular weight is 380 g/mol. The van der Waals surface area contributed by atoms with E-state index in [1.807, 2.05) is 11.3 Å². The van der Waals surface area contributed by atoms with E-state index in [-0.39, 0.29) is 0 Å². The van der Waals surface area contributed by atoms with E-state index in [1.54, 1.807) is 11.3 Å². The van der Waals surface area contributed by atoms with E-state index in [9.17, 15) is 0 Å². The summed E-state index contributed by atoms with van der Waals surface area (Å²) in [5, 5.41) is 11.9. The highest BCUT2D eigenvalue weighted by Gasteiger charge is 2.20. The second-order valence-electron chi connectivity index (χ2n) is 5.20. The molecule has 0 amide bonds. The lowest BCUT2D eigenvalue weighted by Gasteiger charge is -2.19. The van der Waals surface area contributed by atoms with Crippen molar-refractivity contribution in [2.45, 2.75) is 26.3 Å². The molecule has 4 heteroatoms. The molecule has 110 valence electrons. The highest BCUT2D eigenvalue weighted by atomic mass is 79.9. The normalized spacial score (nSPS) is 12.9. The van der Waals surface area contributed by atoms with E-state index in [2.05, 4.69) is 69.4 Å². The molecule has 0 fully saturated rings. The molecule has 1 unspecified atom stereocenters. The van der Waals surface area contributed by atoms with Crippen molar-refractivity contribution in [1.29, 1.82) is 0 Å². The summed E-state index contributed by atoms with van der Waals surface area (Å²) < 4.78 is 2.52. The molecule has 1 N–H and O–H groups in total. The summed E-state index contributed by atoms with van der Waals surface area (Å²) in [6.45, 7) is 5.45. The van der Waals surface area contributed by atoms with Crippen LogP contribution in [0.4, 0.5) is 0 Å². The molecular formula is C17H18BrNS2. The number of hydrogen-bond acceptors (Lipinski definition) is 3. The molecule has 0 bridgehead atoms. The lowest BCUT2D eigenvalue weighted by atomic mass is 9.98. The molecule has 3 aromatic rings. The Morgan fingerprint density at radius 3 is 2.76 bits per heavy atom.